The average Bonchev–Trinajstić information content (AvgIpc) is 1.33. The van der Waals surface area contributed by atoms with E-state index in [0.29, 0.717) is 32.1 Å². The third kappa shape index (κ3) is 14.8. The maximum absolute atomic E-state index is 13.0. The molecule has 580 valence electrons. The van der Waals surface area contributed by atoms with Crippen LogP contribution in [0.25, 0.3) is 0 Å². The highest BCUT2D eigenvalue weighted by molar-refractivity contribution is 5.32. The first-order valence-corrected chi connectivity index (χ1v) is 35.4. The van der Waals surface area contributed by atoms with Crippen LogP contribution in [0.2, 0.25) is 0 Å². The lowest BCUT2D eigenvalue weighted by molar-refractivity contribution is -0.380. The molecular formula is C67H114O33. The molecule has 4 aliphatic carbocycles. The summed E-state index contributed by atoms with van der Waals surface area (Å²) in [6.07, 6.45) is -44.8. The van der Waals surface area contributed by atoms with Gasteiger partial charge >= 0.3 is 0 Å². The summed E-state index contributed by atoms with van der Waals surface area (Å²) in [7, 11) is 0. The van der Waals surface area contributed by atoms with Gasteiger partial charge in [0.05, 0.1) is 69.7 Å². The van der Waals surface area contributed by atoms with E-state index in [9.17, 15) is 107 Å². The molecule has 33 heteroatoms. The van der Waals surface area contributed by atoms with Gasteiger partial charge in [0.15, 0.2) is 37.7 Å². The molecule has 6 saturated heterocycles. The summed E-state index contributed by atoms with van der Waals surface area (Å²) in [4.78, 5) is 0. The van der Waals surface area contributed by atoms with Crippen LogP contribution in [0.3, 0.4) is 0 Å². The van der Waals surface area contributed by atoms with E-state index in [-0.39, 0.29) is 35.5 Å². The second-order valence-corrected chi connectivity index (χ2v) is 31.9. The first-order chi connectivity index (χ1) is 46.9. The number of fused-ring (bicyclic) bond motifs is 5. The van der Waals surface area contributed by atoms with Crippen molar-refractivity contribution >= 4 is 0 Å². The molecule has 9 fully saturated rings. The molecule has 0 aromatic rings. The van der Waals surface area contributed by atoms with E-state index in [4.69, 9.17) is 56.8 Å². The van der Waals surface area contributed by atoms with Gasteiger partial charge < -0.3 is 164 Å². The van der Waals surface area contributed by atoms with Gasteiger partial charge in [0.1, 0.15) is 134 Å². The van der Waals surface area contributed by atoms with Crippen molar-refractivity contribution in [1.29, 1.82) is 0 Å². The van der Waals surface area contributed by atoms with E-state index in [2.05, 4.69) is 33.8 Å². The third-order valence-electron chi connectivity index (χ3n) is 25.4. The van der Waals surface area contributed by atoms with Crippen LogP contribution in [-0.4, -0.2) is 349 Å². The van der Waals surface area contributed by atoms with Crippen molar-refractivity contribution in [3.8, 4) is 0 Å². The number of hydrogen-bond acceptors (Lipinski definition) is 33. The highest BCUT2D eigenvalue weighted by Gasteiger charge is 2.71. The summed E-state index contributed by atoms with van der Waals surface area (Å²) in [6, 6.07) is 0. The summed E-state index contributed by atoms with van der Waals surface area (Å²) < 4.78 is 72.5. The fraction of sp³-hybridized carbons (Fsp3) is 0.970. The molecule has 10 aliphatic rings. The number of aliphatic hydroxyl groups excluding tert-OH is 20. The number of ether oxygens (including phenoxy) is 12. The van der Waals surface area contributed by atoms with Crippen LogP contribution >= 0.6 is 0 Å². The van der Waals surface area contributed by atoms with Gasteiger partial charge in [-0.3, -0.25) is 0 Å². The van der Waals surface area contributed by atoms with E-state index < -0.39 is 264 Å². The molecule has 2 unspecified atom stereocenters. The first kappa shape index (κ1) is 80.9. The Morgan fingerprint density at radius 2 is 0.910 bits per heavy atom. The van der Waals surface area contributed by atoms with Crippen LogP contribution in [0, 0.1) is 51.2 Å². The molecule has 21 N–H and O–H groups in total. The maximum atomic E-state index is 13.0. The van der Waals surface area contributed by atoms with Crippen molar-refractivity contribution in [1.82, 2.24) is 0 Å². The number of hydrogen-bond donors (Lipinski definition) is 21. The van der Waals surface area contributed by atoms with Crippen LogP contribution < -0.4 is 0 Å². The fourth-order valence-corrected chi connectivity index (χ4v) is 18.7. The predicted octanol–water partition coefficient (Wildman–Crippen LogP) is -6.31. The van der Waals surface area contributed by atoms with E-state index in [1.165, 1.54) is 20.8 Å². The molecule has 3 saturated carbocycles. The molecule has 0 bridgehead atoms. The van der Waals surface area contributed by atoms with Crippen molar-refractivity contribution in [2.45, 2.75) is 316 Å². The zero-order valence-electron chi connectivity index (χ0n) is 58.1. The average molecular weight is 1450 g/mol. The smallest absolute Gasteiger partial charge is 0.187 e. The second kappa shape index (κ2) is 31.6. The molecule has 0 spiro atoms. The Kier molecular flexibility index (Phi) is 25.5. The highest BCUT2D eigenvalue weighted by Crippen LogP contribution is 2.75. The normalized spacial score (nSPS) is 52.1. The lowest BCUT2D eigenvalue weighted by Gasteiger charge is -2.67. The monoisotopic (exact) mass is 1450 g/mol. The van der Waals surface area contributed by atoms with Gasteiger partial charge in [-0.25, -0.2) is 0 Å². The predicted molar refractivity (Wildman–Crippen MR) is 336 cm³/mol. The lowest BCUT2D eigenvalue weighted by Crippen LogP contribution is -2.66. The number of allylic oxidation sites excluding steroid dienone is 1. The topological polar surface area (TPSA) is 536 Å². The molecule has 100 heavy (non-hydrogen) atoms. The van der Waals surface area contributed by atoms with Crippen molar-refractivity contribution in [2.24, 2.45) is 51.2 Å². The molecule has 6 heterocycles. The molecule has 0 aromatic heterocycles. The molecule has 40 atom stereocenters. The summed E-state index contributed by atoms with van der Waals surface area (Å²) >= 11 is 0. The van der Waals surface area contributed by atoms with Gasteiger partial charge in [-0.05, 0) is 99.7 Å². The van der Waals surface area contributed by atoms with E-state index in [1.807, 2.05) is 13.8 Å². The van der Waals surface area contributed by atoms with Crippen molar-refractivity contribution in [3.05, 3.63) is 11.6 Å². The summed E-state index contributed by atoms with van der Waals surface area (Å²) in [5.41, 5.74) is -2.94. The number of rotatable bonds is 23. The molecular weight excluding hydrogens is 1330 g/mol. The van der Waals surface area contributed by atoms with Gasteiger partial charge in [-0.1, -0.05) is 60.1 Å². The standard InChI is InChI=1S/C67H114O33/c1-25(10-14-39(64(5,6)88)98-62-56(100-60-54(87)49(82)44(77)33(22-71)94-60)51(84)45(78)34(96-62)23-89-57-41(74)26(2)40(73)30(19-68)91-57)27-16-17-65(7)36-13-11-28-29(67(36,9)37(72)18-66(27,65)8)12-15-38(63(28,3)4)97-61-55(99-59-53(86)48(81)43(76)32(21-70)93-59)50(83)46(79)35(95-61)24-90-58-52(85)47(80)42(75)31(20-69)92-58/h11,25-27,29-62,68-88H,10,12-24H2,1-9H3/t25?,26-,27?,29+,30+,31+,32+,33+,34+,35+,36-,37-,38-,39+,40-,41+,42+,43+,44+,45+,46+,47-,48-,49-,50-,51-,52+,53+,54+,55+,56+,57+,58+,59-,60-,61-,62-,65-,66+,67-/m0/s1. The van der Waals surface area contributed by atoms with Crippen LogP contribution in [0.15, 0.2) is 11.6 Å². The molecule has 6 aliphatic heterocycles. The summed E-state index contributed by atoms with van der Waals surface area (Å²) in [5, 5.41) is 229. The lowest BCUT2D eigenvalue weighted by atomic mass is 9.38. The van der Waals surface area contributed by atoms with Gasteiger partial charge in [-0.2, -0.15) is 0 Å². The van der Waals surface area contributed by atoms with E-state index in [1.54, 1.807) is 0 Å². The minimum absolute atomic E-state index is 0.0253. The van der Waals surface area contributed by atoms with Crippen molar-refractivity contribution < 1.29 is 164 Å². The van der Waals surface area contributed by atoms with Gasteiger partial charge in [0.25, 0.3) is 0 Å². The fourth-order valence-electron chi connectivity index (χ4n) is 18.7. The largest absolute Gasteiger partial charge is 0.394 e. The molecule has 0 amide bonds. The zero-order chi connectivity index (χ0) is 73.5. The molecule has 0 radical (unpaired) electrons. The first-order valence-electron chi connectivity index (χ1n) is 35.4. The van der Waals surface area contributed by atoms with Crippen molar-refractivity contribution in [2.75, 3.05) is 39.6 Å². The quantitative estimate of drug-likeness (QED) is 0.0423. The summed E-state index contributed by atoms with van der Waals surface area (Å²) in [5.74, 6) is -1.08. The van der Waals surface area contributed by atoms with E-state index >= 15 is 0 Å². The van der Waals surface area contributed by atoms with Gasteiger partial charge in [0.2, 0.25) is 0 Å². The minimum Gasteiger partial charge on any atom is -0.394 e. The Labute approximate surface area is 580 Å². The van der Waals surface area contributed by atoms with Crippen LogP contribution in [0.5, 0.6) is 0 Å². The number of aliphatic hydroxyl groups is 21. The van der Waals surface area contributed by atoms with Crippen LogP contribution in [-0.2, 0) is 56.8 Å². The van der Waals surface area contributed by atoms with Crippen LogP contribution in [0.1, 0.15) is 114 Å². The minimum atomic E-state index is -1.95. The Hall–Kier alpha value is -1.58. The van der Waals surface area contributed by atoms with Gasteiger partial charge in [0, 0.05) is 16.7 Å². The zero-order valence-corrected chi connectivity index (χ0v) is 58.1. The Morgan fingerprint density at radius 3 is 1.40 bits per heavy atom. The second-order valence-electron chi connectivity index (χ2n) is 31.9. The van der Waals surface area contributed by atoms with E-state index in [0.717, 1.165) is 18.4 Å². The Bertz CT molecular complexity index is 2670. The Balaban J connectivity index is 0.853. The van der Waals surface area contributed by atoms with Gasteiger partial charge in [-0.15, -0.1) is 0 Å². The Morgan fingerprint density at radius 1 is 0.480 bits per heavy atom. The third-order valence-corrected chi connectivity index (χ3v) is 25.4. The molecule has 0 aromatic carbocycles. The molecule has 10 rings (SSSR count). The summed E-state index contributed by atoms with van der Waals surface area (Å²) in [6.45, 7) is 13.2. The highest BCUT2D eigenvalue weighted by atomic mass is 16.8. The SMILES string of the molecule is CC(CC[C@@H](O[C@@H]1O[C@H](CO[C@@H]2O[C@H](CO)[C@@H](O)[C@H](C)[C@H]2O)[C@@H](O)[C@H](O)[C@H]1O[C@@H]1O[C@H](CO)[C@@H](O)[C@H](O)[C@H]1O)C(C)(C)O)C1CC[C@@]2(C)[C@@H]3CC=C4[C@@H](CC[C@H](O[C@@H]5O[C@H](CO[C@@H]6O[C@H](CO)[C@@H](O)[C@H](O)[C@H]6O)[C@@H](O)[C@H](O)[C@H]5O[C@@H]5O[C@H](CO)[C@@H](O)[C@H](O)[C@H]5O)C4(C)C)[C@]3(C)[C@@H](O)C[C@]12C. The van der Waals surface area contributed by atoms with Crippen molar-refractivity contribution in [3.63, 3.8) is 0 Å². The van der Waals surface area contributed by atoms with Crippen LogP contribution in [0.4, 0.5) is 0 Å². The molecule has 33 nitrogen and oxygen atoms in total. The maximum Gasteiger partial charge on any atom is 0.187 e.